The zero-order chi connectivity index (χ0) is 11.4. The van der Waals surface area contributed by atoms with Crippen molar-refractivity contribution < 1.29 is 4.74 Å². The first-order valence-electron chi connectivity index (χ1n) is 6.50. The molecule has 1 aromatic carbocycles. The van der Waals surface area contributed by atoms with Gasteiger partial charge in [-0.05, 0) is 30.9 Å². The normalized spacial score (nSPS) is 17.6. The van der Waals surface area contributed by atoms with Gasteiger partial charge in [0.1, 0.15) is 5.75 Å². The summed E-state index contributed by atoms with van der Waals surface area (Å²) in [5.41, 5.74) is 1.80. The molecule has 0 saturated heterocycles. The van der Waals surface area contributed by atoms with Gasteiger partial charge in [-0.3, -0.25) is 0 Å². The van der Waals surface area contributed by atoms with E-state index in [-0.39, 0.29) is 0 Å². The summed E-state index contributed by atoms with van der Waals surface area (Å²) >= 11 is 0. The van der Waals surface area contributed by atoms with Crippen molar-refractivity contribution in [2.75, 3.05) is 6.61 Å². The fourth-order valence-electron chi connectivity index (χ4n) is 2.98. The van der Waals surface area contributed by atoms with Crippen molar-refractivity contribution in [1.29, 1.82) is 0 Å². The van der Waals surface area contributed by atoms with Crippen LogP contribution in [0.25, 0.3) is 0 Å². The summed E-state index contributed by atoms with van der Waals surface area (Å²) in [4.78, 5) is 0. The topological polar surface area (TPSA) is 9.23 Å². The lowest BCUT2D eigenvalue weighted by Crippen LogP contribution is -2.34. The lowest BCUT2D eigenvalue weighted by molar-refractivity contribution is 0.0980. The smallest absolute Gasteiger partial charge is 0.122 e. The van der Waals surface area contributed by atoms with Gasteiger partial charge in [0.15, 0.2) is 0 Å². The summed E-state index contributed by atoms with van der Waals surface area (Å²) in [6, 6.07) is 8.49. The molecule has 1 heteroatoms. The van der Waals surface area contributed by atoms with Crippen molar-refractivity contribution >= 4 is 0 Å². The van der Waals surface area contributed by atoms with Gasteiger partial charge in [-0.1, -0.05) is 44.9 Å². The fourth-order valence-corrected chi connectivity index (χ4v) is 2.98. The van der Waals surface area contributed by atoms with Gasteiger partial charge in [-0.15, -0.1) is 0 Å². The third-order valence-corrected chi connectivity index (χ3v) is 3.63. The molecule has 0 amide bonds. The summed E-state index contributed by atoms with van der Waals surface area (Å²) < 4.78 is 5.94. The second-order valence-corrected chi connectivity index (χ2v) is 5.07. The molecular weight excluding hydrogens is 196 g/mol. The molecule has 0 saturated carbocycles. The SMILES string of the molecule is CCCC1(CCC)COc2ccccc2C1. The van der Waals surface area contributed by atoms with E-state index in [1.165, 1.54) is 37.7 Å². The minimum Gasteiger partial charge on any atom is -0.493 e. The van der Waals surface area contributed by atoms with E-state index in [1.54, 1.807) is 0 Å². The Kier molecular flexibility index (Phi) is 3.52. The molecule has 1 aliphatic rings. The van der Waals surface area contributed by atoms with Crippen LogP contribution in [-0.2, 0) is 6.42 Å². The van der Waals surface area contributed by atoms with Gasteiger partial charge in [-0.25, -0.2) is 0 Å². The molecule has 0 fully saturated rings. The predicted octanol–water partition coefficient (Wildman–Crippen LogP) is 4.21. The molecule has 0 bridgehead atoms. The van der Waals surface area contributed by atoms with E-state index in [1.807, 2.05) is 0 Å². The summed E-state index contributed by atoms with van der Waals surface area (Å²) in [5.74, 6) is 1.10. The third kappa shape index (κ3) is 2.23. The van der Waals surface area contributed by atoms with Crippen molar-refractivity contribution in [3.05, 3.63) is 29.8 Å². The fraction of sp³-hybridized carbons (Fsp3) is 0.600. The van der Waals surface area contributed by atoms with Gasteiger partial charge in [0.2, 0.25) is 0 Å². The van der Waals surface area contributed by atoms with Crippen LogP contribution in [0.1, 0.15) is 45.1 Å². The van der Waals surface area contributed by atoms with Crippen LogP contribution in [0.15, 0.2) is 24.3 Å². The number of benzene rings is 1. The maximum Gasteiger partial charge on any atom is 0.122 e. The van der Waals surface area contributed by atoms with E-state index in [0.717, 1.165) is 12.4 Å². The van der Waals surface area contributed by atoms with E-state index in [9.17, 15) is 0 Å². The van der Waals surface area contributed by atoms with Crippen molar-refractivity contribution in [2.24, 2.45) is 5.41 Å². The third-order valence-electron chi connectivity index (χ3n) is 3.63. The highest BCUT2D eigenvalue weighted by Crippen LogP contribution is 2.40. The van der Waals surface area contributed by atoms with Crippen LogP contribution in [-0.4, -0.2) is 6.61 Å². The van der Waals surface area contributed by atoms with Crippen LogP contribution in [0.3, 0.4) is 0 Å². The number of ether oxygens (including phenoxy) is 1. The monoisotopic (exact) mass is 218 g/mol. The number of hydrogen-bond acceptors (Lipinski definition) is 1. The molecule has 88 valence electrons. The Morgan fingerprint density at radius 1 is 1.12 bits per heavy atom. The van der Waals surface area contributed by atoms with Crippen LogP contribution < -0.4 is 4.74 Å². The molecule has 1 nitrogen and oxygen atoms in total. The van der Waals surface area contributed by atoms with Gasteiger partial charge in [0.05, 0.1) is 6.61 Å². The molecule has 0 atom stereocenters. The Balaban J connectivity index is 2.20. The summed E-state index contributed by atoms with van der Waals surface area (Å²) in [6.07, 6.45) is 6.28. The molecule has 0 aliphatic carbocycles. The summed E-state index contributed by atoms with van der Waals surface area (Å²) in [7, 11) is 0. The van der Waals surface area contributed by atoms with E-state index in [4.69, 9.17) is 4.74 Å². The van der Waals surface area contributed by atoms with Crippen LogP contribution in [0, 0.1) is 5.41 Å². The number of hydrogen-bond donors (Lipinski definition) is 0. The maximum atomic E-state index is 5.94. The average molecular weight is 218 g/mol. The Bertz CT molecular complexity index is 337. The van der Waals surface area contributed by atoms with Crippen molar-refractivity contribution in [3.8, 4) is 5.75 Å². The van der Waals surface area contributed by atoms with Crippen LogP contribution >= 0.6 is 0 Å². The first-order chi connectivity index (χ1) is 7.79. The first-order valence-corrected chi connectivity index (χ1v) is 6.50. The molecule has 16 heavy (non-hydrogen) atoms. The second kappa shape index (κ2) is 4.90. The standard InChI is InChI=1S/C15H22O/c1-3-9-15(10-4-2)11-13-7-5-6-8-14(13)16-12-15/h5-8H,3-4,9-12H2,1-2H3. The molecule has 1 heterocycles. The average Bonchev–Trinajstić information content (AvgIpc) is 2.30. The van der Waals surface area contributed by atoms with Crippen LogP contribution in [0.5, 0.6) is 5.75 Å². The van der Waals surface area contributed by atoms with Crippen LogP contribution in [0.4, 0.5) is 0 Å². The highest BCUT2D eigenvalue weighted by atomic mass is 16.5. The zero-order valence-electron chi connectivity index (χ0n) is 10.5. The summed E-state index contributed by atoms with van der Waals surface area (Å²) in [5, 5.41) is 0. The van der Waals surface area contributed by atoms with E-state index >= 15 is 0 Å². The second-order valence-electron chi connectivity index (χ2n) is 5.07. The van der Waals surface area contributed by atoms with Crippen molar-refractivity contribution in [3.63, 3.8) is 0 Å². The van der Waals surface area contributed by atoms with Crippen LogP contribution in [0.2, 0.25) is 0 Å². The minimum atomic E-state index is 0.401. The molecule has 0 aromatic heterocycles. The number of para-hydroxylation sites is 1. The Hall–Kier alpha value is -0.980. The number of rotatable bonds is 4. The molecule has 0 unspecified atom stereocenters. The summed E-state index contributed by atoms with van der Waals surface area (Å²) in [6.45, 7) is 5.46. The zero-order valence-corrected chi connectivity index (χ0v) is 10.5. The lowest BCUT2D eigenvalue weighted by atomic mass is 9.74. The van der Waals surface area contributed by atoms with Gasteiger partial charge in [0, 0.05) is 5.41 Å². The lowest BCUT2D eigenvalue weighted by Gasteiger charge is -2.38. The molecule has 2 rings (SSSR count). The van der Waals surface area contributed by atoms with E-state index < -0.39 is 0 Å². The Morgan fingerprint density at radius 3 is 2.50 bits per heavy atom. The van der Waals surface area contributed by atoms with Gasteiger partial charge < -0.3 is 4.74 Å². The Morgan fingerprint density at radius 2 is 1.81 bits per heavy atom. The Labute approximate surface area is 98.8 Å². The van der Waals surface area contributed by atoms with E-state index in [2.05, 4.69) is 38.1 Å². The van der Waals surface area contributed by atoms with Gasteiger partial charge in [0.25, 0.3) is 0 Å². The maximum absolute atomic E-state index is 5.94. The van der Waals surface area contributed by atoms with Crippen molar-refractivity contribution in [2.45, 2.75) is 46.0 Å². The first kappa shape index (κ1) is 11.5. The molecule has 1 aliphatic heterocycles. The molecule has 0 spiro atoms. The minimum absolute atomic E-state index is 0.401. The predicted molar refractivity (Wildman–Crippen MR) is 67.9 cm³/mol. The highest BCUT2D eigenvalue weighted by molar-refractivity contribution is 5.36. The molecule has 1 aromatic rings. The highest BCUT2D eigenvalue weighted by Gasteiger charge is 2.33. The molecule has 0 radical (unpaired) electrons. The quantitative estimate of drug-likeness (QED) is 0.735. The van der Waals surface area contributed by atoms with Gasteiger partial charge in [-0.2, -0.15) is 0 Å². The molecule has 0 N–H and O–H groups in total. The van der Waals surface area contributed by atoms with Crippen molar-refractivity contribution in [1.82, 2.24) is 0 Å². The van der Waals surface area contributed by atoms with Gasteiger partial charge >= 0.3 is 0 Å². The van der Waals surface area contributed by atoms with E-state index in [0.29, 0.717) is 5.41 Å². The molecular formula is C15H22O. The number of fused-ring (bicyclic) bond motifs is 1. The largest absolute Gasteiger partial charge is 0.493 e.